The molecule has 20 heavy (non-hydrogen) atoms. The second-order valence-corrected chi connectivity index (χ2v) is 7.19. The van der Waals surface area contributed by atoms with Crippen LogP contribution in [-0.2, 0) is 10.0 Å². The van der Waals surface area contributed by atoms with Crippen molar-refractivity contribution in [2.75, 3.05) is 6.54 Å². The zero-order valence-electron chi connectivity index (χ0n) is 11.9. The number of nitrogens with two attached hydrogens (primary N) is 1. The molecule has 8 heteroatoms. The minimum Gasteiger partial charge on any atom is -0.324 e. The Kier molecular flexibility index (Phi) is 4.52. The van der Waals surface area contributed by atoms with E-state index in [0.29, 0.717) is 11.1 Å². The van der Waals surface area contributed by atoms with Gasteiger partial charge >= 0.3 is 0 Å². The maximum atomic E-state index is 12.2. The number of nitrogens with zero attached hydrogens (tertiary/aromatic N) is 1. The van der Waals surface area contributed by atoms with E-state index in [0.717, 1.165) is 6.07 Å². The standard InChI is InChI=1S/C12H19N3O4S/c1-8-5-10(15(16)17)6-11(9(8)2)20(18,19)14-7-12(3,4)13/h5-6,14H,7,13H2,1-4H3. The number of sulfonamides is 1. The van der Waals surface area contributed by atoms with Gasteiger partial charge in [0, 0.05) is 24.2 Å². The molecule has 0 aliphatic heterocycles. The lowest BCUT2D eigenvalue weighted by Crippen LogP contribution is -2.45. The highest BCUT2D eigenvalue weighted by Crippen LogP contribution is 2.25. The Labute approximate surface area is 118 Å². The van der Waals surface area contributed by atoms with Crippen LogP contribution in [0.15, 0.2) is 17.0 Å². The number of nitro benzene ring substituents is 1. The van der Waals surface area contributed by atoms with Crippen molar-refractivity contribution in [3.63, 3.8) is 0 Å². The van der Waals surface area contributed by atoms with E-state index in [9.17, 15) is 18.5 Å². The molecule has 1 aromatic rings. The summed E-state index contributed by atoms with van der Waals surface area (Å²) < 4.78 is 26.8. The summed E-state index contributed by atoms with van der Waals surface area (Å²) in [6.45, 7) is 6.65. The van der Waals surface area contributed by atoms with Gasteiger partial charge < -0.3 is 5.73 Å². The van der Waals surface area contributed by atoms with Gasteiger partial charge in [0.1, 0.15) is 0 Å². The van der Waals surface area contributed by atoms with Crippen LogP contribution in [0.3, 0.4) is 0 Å². The summed E-state index contributed by atoms with van der Waals surface area (Å²) >= 11 is 0. The first-order valence-corrected chi connectivity index (χ1v) is 7.46. The SMILES string of the molecule is Cc1cc([N+](=O)[O-])cc(S(=O)(=O)NCC(C)(C)N)c1C. The summed E-state index contributed by atoms with van der Waals surface area (Å²) in [5.74, 6) is 0. The van der Waals surface area contributed by atoms with Gasteiger partial charge in [-0.05, 0) is 38.8 Å². The van der Waals surface area contributed by atoms with Gasteiger partial charge in [-0.1, -0.05) is 0 Å². The van der Waals surface area contributed by atoms with E-state index in [-0.39, 0.29) is 17.1 Å². The molecule has 0 unspecified atom stereocenters. The molecule has 0 bridgehead atoms. The summed E-state index contributed by atoms with van der Waals surface area (Å²) in [5.41, 5.74) is 5.80. The van der Waals surface area contributed by atoms with E-state index in [1.807, 2.05) is 0 Å². The normalized spacial score (nSPS) is 12.4. The monoisotopic (exact) mass is 301 g/mol. The molecule has 0 aromatic heterocycles. The Morgan fingerprint density at radius 3 is 2.35 bits per heavy atom. The lowest BCUT2D eigenvalue weighted by molar-refractivity contribution is -0.385. The van der Waals surface area contributed by atoms with Gasteiger partial charge in [-0.25, -0.2) is 13.1 Å². The average molecular weight is 301 g/mol. The van der Waals surface area contributed by atoms with Crippen LogP contribution in [0.1, 0.15) is 25.0 Å². The number of aryl methyl sites for hydroxylation is 1. The van der Waals surface area contributed by atoms with Gasteiger partial charge in [-0.3, -0.25) is 10.1 Å². The molecule has 3 N–H and O–H groups in total. The molecule has 0 fully saturated rings. The van der Waals surface area contributed by atoms with E-state index in [4.69, 9.17) is 5.73 Å². The Balaban J connectivity index is 3.27. The van der Waals surface area contributed by atoms with Crippen molar-refractivity contribution in [3.8, 4) is 0 Å². The third-order valence-corrected chi connectivity index (χ3v) is 4.35. The van der Waals surface area contributed by atoms with Crippen molar-refractivity contribution < 1.29 is 13.3 Å². The van der Waals surface area contributed by atoms with Crippen LogP contribution >= 0.6 is 0 Å². The van der Waals surface area contributed by atoms with Crippen molar-refractivity contribution >= 4 is 15.7 Å². The first kappa shape index (κ1) is 16.5. The number of hydrogen-bond acceptors (Lipinski definition) is 5. The van der Waals surface area contributed by atoms with Gasteiger partial charge in [-0.2, -0.15) is 0 Å². The molecule has 0 saturated heterocycles. The maximum Gasteiger partial charge on any atom is 0.271 e. The highest BCUT2D eigenvalue weighted by Gasteiger charge is 2.24. The topological polar surface area (TPSA) is 115 Å². The first-order chi connectivity index (χ1) is 8.94. The van der Waals surface area contributed by atoms with Crippen molar-refractivity contribution in [3.05, 3.63) is 33.4 Å². The second-order valence-electron chi connectivity index (χ2n) is 5.46. The van der Waals surface area contributed by atoms with Crippen molar-refractivity contribution in [2.24, 2.45) is 5.73 Å². The van der Waals surface area contributed by atoms with Gasteiger partial charge in [0.25, 0.3) is 5.69 Å². The largest absolute Gasteiger partial charge is 0.324 e. The number of nitro groups is 1. The summed E-state index contributed by atoms with van der Waals surface area (Å²) in [6.07, 6.45) is 0. The van der Waals surface area contributed by atoms with Crippen LogP contribution in [0.4, 0.5) is 5.69 Å². The van der Waals surface area contributed by atoms with Crippen molar-refractivity contribution in [1.82, 2.24) is 4.72 Å². The smallest absolute Gasteiger partial charge is 0.271 e. The van der Waals surface area contributed by atoms with E-state index in [2.05, 4.69) is 4.72 Å². The molecule has 0 atom stereocenters. The molecule has 0 amide bonds. The Hall–Kier alpha value is -1.51. The van der Waals surface area contributed by atoms with E-state index >= 15 is 0 Å². The molecule has 1 rings (SSSR count). The number of hydrogen-bond donors (Lipinski definition) is 2. The lowest BCUT2D eigenvalue weighted by Gasteiger charge is -2.19. The fraction of sp³-hybridized carbons (Fsp3) is 0.500. The van der Waals surface area contributed by atoms with Crippen molar-refractivity contribution in [1.29, 1.82) is 0 Å². The Bertz CT molecular complexity index is 633. The van der Waals surface area contributed by atoms with Crippen molar-refractivity contribution in [2.45, 2.75) is 38.1 Å². The van der Waals surface area contributed by atoms with E-state index < -0.39 is 20.5 Å². The summed E-state index contributed by atoms with van der Waals surface area (Å²) in [5, 5.41) is 10.8. The summed E-state index contributed by atoms with van der Waals surface area (Å²) in [6, 6.07) is 2.41. The minimum absolute atomic E-state index is 0.0382. The zero-order chi connectivity index (χ0) is 15.7. The highest BCUT2D eigenvalue weighted by molar-refractivity contribution is 7.89. The molecule has 0 aliphatic rings. The van der Waals surface area contributed by atoms with Crippen LogP contribution in [-0.4, -0.2) is 25.4 Å². The van der Waals surface area contributed by atoms with Gasteiger partial charge in [0.2, 0.25) is 10.0 Å². The van der Waals surface area contributed by atoms with Crippen LogP contribution in [0, 0.1) is 24.0 Å². The van der Waals surface area contributed by atoms with Gasteiger partial charge in [0.05, 0.1) is 9.82 Å². The number of nitrogens with one attached hydrogen (secondary N) is 1. The molecule has 0 spiro atoms. The third kappa shape index (κ3) is 3.99. The molecule has 0 saturated carbocycles. The number of rotatable bonds is 5. The van der Waals surface area contributed by atoms with Gasteiger partial charge in [0.15, 0.2) is 0 Å². The summed E-state index contributed by atoms with van der Waals surface area (Å²) in [4.78, 5) is 10.1. The fourth-order valence-corrected chi connectivity index (χ4v) is 3.11. The minimum atomic E-state index is -3.84. The molecule has 1 aromatic carbocycles. The Morgan fingerprint density at radius 2 is 1.90 bits per heavy atom. The maximum absolute atomic E-state index is 12.2. The number of benzene rings is 1. The third-order valence-electron chi connectivity index (χ3n) is 2.82. The quantitative estimate of drug-likeness (QED) is 0.627. The summed E-state index contributed by atoms with van der Waals surface area (Å²) in [7, 11) is -3.84. The van der Waals surface area contributed by atoms with Gasteiger partial charge in [-0.15, -0.1) is 0 Å². The highest BCUT2D eigenvalue weighted by atomic mass is 32.2. The second kappa shape index (κ2) is 5.47. The van der Waals surface area contributed by atoms with E-state index in [1.54, 1.807) is 27.7 Å². The molecular weight excluding hydrogens is 282 g/mol. The lowest BCUT2D eigenvalue weighted by atomic mass is 10.1. The van der Waals surface area contributed by atoms with Crippen LogP contribution in [0.5, 0.6) is 0 Å². The molecule has 7 nitrogen and oxygen atoms in total. The Morgan fingerprint density at radius 1 is 1.35 bits per heavy atom. The molecule has 0 radical (unpaired) electrons. The average Bonchev–Trinajstić information content (AvgIpc) is 2.28. The predicted molar refractivity (Wildman–Crippen MR) is 76.0 cm³/mol. The molecule has 112 valence electrons. The fourth-order valence-electron chi connectivity index (χ4n) is 1.55. The molecular formula is C12H19N3O4S. The zero-order valence-corrected chi connectivity index (χ0v) is 12.7. The number of non-ortho nitro benzene ring substituents is 1. The van der Waals surface area contributed by atoms with Crippen LogP contribution < -0.4 is 10.5 Å². The van der Waals surface area contributed by atoms with Crippen LogP contribution in [0.25, 0.3) is 0 Å². The van der Waals surface area contributed by atoms with Crippen LogP contribution in [0.2, 0.25) is 0 Å². The molecule has 0 aliphatic carbocycles. The molecule has 0 heterocycles. The predicted octanol–water partition coefficient (Wildman–Crippen LogP) is 1.23. The first-order valence-electron chi connectivity index (χ1n) is 5.98. The van der Waals surface area contributed by atoms with E-state index in [1.165, 1.54) is 6.07 Å².